The fourth-order valence-corrected chi connectivity index (χ4v) is 2.34. The number of hydrogen-bond acceptors (Lipinski definition) is 2. The molecule has 1 aliphatic rings. The average molecular weight is 236 g/mol. The maximum Gasteiger partial charge on any atom is 0.128 e. The zero-order chi connectivity index (χ0) is 12.4. The quantitative estimate of drug-likeness (QED) is 0.849. The van der Waals surface area contributed by atoms with Gasteiger partial charge in [0.1, 0.15) is 5.82 Å². The second-order valence-electron chi connectivity index (χ2n) is 5.16. The number of anilines is 1. The topological polar surface area (TPSA) is 15.3 Å². The molecule has 0 aromatic heterocycles. The van der Waals surface area contributed by atoms with Gasteiger partial charge in [-0.15, -0.1) is 0 Å². The van der Waals surface area contributed by atoms with Crippen LogP contribution in [-0.4, -0.2) is 30.6 Å². The molecule has 0 aliphatic carbocycles. The summed E-state index contributed by atoms with van der Waals surface area (Å²) in [7, 11) is 2.16. The van der Waals surface area contributed by atoms with Gasteiger partial charge in [0.25, 0.3) is 0 Å². The molecular weight excluding hydrogens is 215 g/mol. The lowest BCUT2D eigenvalue weighted by atomic mass is 9.98. The number of benzene rings is 1. The van der Waals surface area contributed by atoms with E-state index < -0.39 is 0 Å². The summed E-state index contributed by atoms with van der Waals surface area (Å²) in [5, 5.41) is 3.43. The van der Waals surface area contributed by atoms with Gasteiger partial charge in [0.05, 0.1) is 0 Å². The van der Waals surface area contributed by atoms with Gasteiger partial charge >= 0.3 is 0 Å². The molecule has 1 heterocycles. The molecule has 0 amide bonds. The third-order valence-corrected chi connectivity index (χ3v) is 3.75. The van der Waals surface area contributed by atoms with Crippen molar-refractivity contribution in [1.82, 2.24) is 4.90 Å². The standard InChI is InChI=1S/C14H21FN2/c1-10-4-5-12(9-14(10)15)16-13-6-7-17(3)11(2)8-13/h4-5,9,11,13,16H,6-8H2,1-3H3. The molecule has 0 saturated carbocycles. The highest BCUT2D eigenvalue weighted by Crippen LogP contribution is 2.21. The van der Waals surface area contributed by atoms with E-state index in [4.69, 9.17) is 0 Å². The maximum absolute atomic E-state index is 13.4. The van der Waals surface area contributed by atoms with E-state index in [2.05, 4.69) is 24.2 Å². The molecule has 94 valence electrons. The van der Waals surface area contributed by atoms with Crippen LogP contribution in [0.2, 0.25) is 0 Å². The van der Waals surface area contributed by atoms with Crippen molar-refractivity contribution in [3.8, 4) is 0 Å². The summed E-state index contributed by atoms with van der Waals surface area (Å²) in [5.74, 6) is -0.129. The summed E-state index contributed by atoms with van der Waals surface area (Å²) in [6.45, 7) is 5.13. The second-order valence-corrected chi connectivity index (χ2v) is 5.16. The predicted molar refractivity (Wildman–Crippen MR) is 69.9 cm³/mol. The van der Waals surface area contributed by atoms with E-state index in [1.54, 1.807) is 13.0 Å². The molecule has 2 rings (SSSR count). The number of halogens is 1. The molecule has 2 atom stereocenters. The molecule has 1 fully saturated rings. The lowest BCUT2D eigenvalue weighted by Gasteiger charge is -2.35. The Morgan fingerprint density at radius 2 is 2.18 bits per heavy atom. The number of hydrogen-bond donors (Lipinski definition) is 1. The summed E-state index contributed by atoms with van der Waals surface area (Å²) < 4.78 is 13.4. The van der Waals surface area contributed by atoms with Crippen molar-refractivity contribution in [2.45, 2.75) is 38.8 Å². The van der Waals surface area contributed by atoms with Crippen LogP contribution < -0.4 is 5.32 Å². The summed E-state index contributed by atoms with van der Waals surface area (Å²) in [6.07, 6.45) is 2.24. The van der Waals surface area contributed by atoms with Crippen molar-refractivity contribution in [2.75, 3.05) is 18.9 Å². The van der Waals surface area contributed by atoms with Crippen LogP contribution in [0.25, 0.3) is 0 Å². The van der Waals surface area contributed by atoms with Gasteiger partial charge in [-0.3, -0.25) is 0 Å². The Morgan fingerprint density at radius 1 is 1.41 bits per heavy atom. The molecule has 3 heteroatoms. The lowest BCUT2D eigenvalue weighted by Crippen LogP contribution is -2.42. The number of aryl methyl sites for hydroxylation is 1. The van der Waals surface area contributed by atoms with Crippen LogP contribution in [0.3, 0.4) is 0 Å². The van der Waals surface area contributed by atoms with E-state index in [0.717, 1.165) is 25.1 Å². The molecule has 0 spiro atoms. The van der Waals surface area contributed by atoms with E-state index in [1.165, 1.54) is 0 Å². The number of likely N-dealkylation sites (tertiary alicyclic amines) is 1. The number of nitrogens with one attached hydrogen (secondary N) is 1. The smallest absolute Gasteiger partial charge is 0.128 e. The van der Waals surface area contributed by atoms with Crippen LogP contribution in [0.15, 0.2) is 18.2 Å². The van der Waals surface area contributed by atoms with Crippen molar-refractivity contribution in [2.24, 2.45) is 0 Å². The van der Waals surface area contributed by atoms with Gasteiger partial charge in [0.15, 0.2) is 0 Å². The third-order valence-electron chi connectivity index (χ3n) is 3.75. The van der Waals surface area contributed by atoms with Gasteiger partial charge in [-0.05, 0) is 51.4 Å². The minimum Gasteiger partial charge on any atom is -0.382 e. The Bertz CT molecular complexity index is 392. The SMILES string of the molecule is Cc1ccc(NC2CCN(C)C(C)C2)cc1F. The molecule has 2 unspecified atom stereocenters. The van der Waals surface area contributed by atoms with E-state index in [9.17, 15) is 4.39 Å². The molecule has 1 N–H and O–H groups in total. The van der Waals surface area contributed by atoms with Crippen molar-refractivity contribution < 1.29 is 4.39 Å². The van der Waals surface area contributed by atoms with E-state index in [1.807, 2.05) is 12.1 Å². The lowest BCUT2D eigenvalue weighted by molar-refractivity contribution is 0.190. The first-order chi connectivity index (χ1) is 8.06. The molecule has 17 heavy (non-hydrogen) atoms. The van der Waals surface area contributed by atoms with Gasteiger partial charge in [-0.2, -0.15) is 0 Å². The van der Waals surface area contributed by atoms with Crippen LogP contribution in [0.1, 0.15) is 25.3 Å². The first-order valence-electron chi connectivity index (χ1n) is 6.29. The first kappa shape index (κ1) is 12.4. The Hall–Kier alpha value is -1.09. The summed E-state index contributed by atoms with van der Waals surface area (Å²) >= 11 is 0. The highest BCUT2D eigenvalue weighted by Gasteiger charge is 2.22. The van der Waals surface area contributed by atoms with Crippen LogP contribution in [0, 0.1) is 12.7 Å². The fourth-order valence-electron chi connectivity index (χ4n) is 2.34. The molecule has 1 aromatic rings. The molecule has 1 aliphatic heterocycles. The number of rotatable bonds is 2. The van der Waals surface area contributed by atoms with Crippen LogP contribution >= 0.6 is 0 Å². The van der Waals surface area contributed by atoms with Crippen LogP contribution in [0.5, 0.6) is 0 Å². The second kappa shape index (κ2) is 5.05. The van der Waals surface area contributed by atoms with Gasteiger partial charge in [0, 0.05) is 24.3 Å². The highest BCUT2D eigenvalue weighted by atomic mass is 19.1. The minimum absolute atomic E-state index is 0.129. The molecule has 1 saturated heterocycles. The Labute approximate surface area is 103 Å². The number of piperidine rings is 1. The van der Waals surface area contributed by atoms with Crippen molar-refractivity contribution in [3.63, 3.8) is 0 Å². The van der Waals surface area contributed by atoms with Gasteiger partial charge in [0.2, 0.25) is 0 Å². The Balaban J connectivity index is 1.99. The normalized spacial score (nSPS) is 25.9. The predicted octanol–water partition coefficient (Wildman–Crippen LogP) is 3.03. The monoisotopic (exact) mass is 236 g/mol. The first-order valence-corrected chi connectivity index (χ1v) is 6.29. The summed E-state index contributed by atoms with van der Waals surface area (Å²) in [4.78, 5) is 2.37. The fraction of sp³-hybridized carbons (Fsp3) is 0.571. The molecular formula is C14H21FN2. The molecule has 0 radical (unpaired) electrons. The summed E-state index contributed by atoms with van der Waals surface area (Å²) in [6, 6.07) is 6.44. The van der Waals surface area contributed by atoms with Crippen molar-refractivity contribution in [3.05, 3.63) is 29.6 Å². The molecule has 2 nitrogen and oxygen atoms in total. The van der Waals surface area contributed by atoms with E-state index in [0.29, 0.717) is 17.6 Å². The van der Waals surface area contributed by atoms with Gasteiger partial charge in [-0.1, -0.05) is 6.07 Å². The number of nitrogens with zero attached hydrogens (tertiary/aromatic N) is 1. The van der Waals surface area contributed by atoms with Gasteiger partial charge < -0.3 is 10.2 Å². The Kier molecular flexibility index (Phi) is 3.67. The zero-order valence-corrected chi connectivity index (χ0v) is 10.8. The van der Waals surface area contributed by atoms with Crippen molar-refractivity contribution >= 4 is 5.69 Å². The third kappa shape index (κ3) is 2.97. The van der Waals surface area contributed by atoms with Gasteiger partial charge in [-0.25, -0.2) is 4.39 Å². The average Bonchev–Trinajstić information content (AvgIpc) is 2.29. The minimum atomic E-state index is -0.129. The van der Waals surface area contributed by atoms with E-state index >= 15 is 0 Å². The zero-order valence-electron chi connectivity index (χ0n) is 10.8. The Morgan fingerprint density at radius 3 is 2.82 bits per heavy atom. The highest BCUT2D eigenvalue weighted by molar-refractivity contribution is 5.46. The molecule has 0 bridgehead atoms. The largest absolute Gasteiger partial charge is 0.382 e. The van der Waals surface area contributed by atoms with E-state index in [-0.39, 0.29) is 5.82 Å². The molecule has 1 aromatic carbocycles. The van der Waals surface area contributed by atoms with Crippen LogP contribution in [0.4, 0.5) is 10.1 Å². The van der Waals surface area contributed by atoms with Crippen LogP contribution in [-0.2, 0) is 0 Å². The van der Waals surface area contributed by atoms with Crippen molar-refractivity contribution in [1.29, 1.82) is 0 Å². The summed E-state index contributed by atoms with van der Waals surface area (Å²) in [5.41, 5.74) is 1.60. The maximum atomic E-state index is 13.4.